The Hall–Kier alpha value is -3.94. The molecule has 0 aliphatic rings. The van der Waals surface area contributed by atoms with Crippen LogP contribution in [0.3, 0.4) is 0 Å². The molecular weight excluding hydrogens is 529 g/mol. The summed E-state index contributed by atoms with van der Waals surface area (Å²) in [5.41, 5.74) is -0.373. The molecule has 7 nitrogen and oxygen atoms in total. The van der Waals surface area contributed by atoms with Gasteiger partial charge in [0.05, 0.1) is 27.8 Å². The van der Waals surface area contributed by atoms with Gasteiger partial charge in [-0.25, -0.2) is 9.59 Å². The highest BCUT2D eigenvalue weighted by Crippen LogP contribution is 2.42. The standard InChI is InChI=1S/C29H23Cl2NO6/c30-13-15-32(16-14-31)18-11-9-17(10-12-18)23(24-26(33)19-5-1-3-7-21(19)37-28(24)35)25-27(34)20-6-2-4-8-22(20)38-29(25)36/h1-12,23,33-34H,13-16H2. The van der Waals surface area contributed by atoms with Crippen molar-refractivity contribution in [3.63, 3.8) is 0 Å². The number of benzene rings is 3. The Labute approximate surface area is 227 Å². The third kappa shape index (κ3) is 4.59. The molecule has 194 valence electrons. The van der Waals surface area contributed by atoms with Crippen LogP contribution in [0.15, 0.2) is 91.2 Å². The maximum Gasteiger partial charge on any atom is 0.344 e. The lowest BCUT2D eigenvalue weighted by Crippen LogP contribution is -2.27. The van der Waals surface area contributed by atoms with E-state index in [1.807, 2.05) is 4.90 Å². The average Bonchev–Trinajstić information content (AvgIpc) is 2.92. The molecule has 0 spiro atoms. The van der Waals surface area contributed by atoms with Crippen LogP contribution in [0.5, 0.6) is 11.5 Å². The molecule has 2 N–H and O–H groups in total. The van der Waals surface area contributed by atoms with Gasteiger partial charge in [0.1, 0.15) is 22.7 Å². The molecule has 0 aliphatic heterocycles. The summed E-state index contributed by atoms with van der Waals surface area (Å²) < 4.78 is 11.0. The van der Waals surface area contributed by atoms with Crippen LogP contribution in [-0.4, -0.2) is 35.1 Å². The summed E-state index contributed by atoms with van der Waals surface area (Å²) in [6.07, 6.45) is 0. The van der Waals surface area contributed by atoms with Crippen molar-refractivity contribution in [2.45, 2.75) is 5.92 Å². The smallest absolute Gasteiger partial charge is 0.344 e. The van der Waals surface area contributed by atoms with E-state index in [2.05, 4.69) is 0 Å². The SMILES string of the molecule is O=c1oc2ccccc2c(O)c1C(c1ccc(N(CCCl)CCCl)cc1)c1c(O)c2ccccc2oc1=O. The summed E-state index contributed by atoms with van der Waals surface area (Å²) in [6.45, 7) is 1.14. The fourth-order valence-electron chi connectivity index (χ4n) is 4.73. The first-order valence-electron chi connectivity index (χ1n) is 11.9. The molecule has 0 saturated carbocycles. The van der Waals surface area contributed by atoms with Crippen molar-refractivity contribution in [3.05, 3.63) is 110 Å². The minimum Gasteiger partial charge on any atom is -0.507 e. The minimum atomic E-state index is -1.19. The van der Waals surface area contributed by atoms with Gasteiger partial charge in [-0.3, -0.25) is 0 Å². The fraction of sp³-hybridized carbons (Fsp3) is 0.172. The lowest BCUT2D eigenvalue weighted by atomic mass is 9.84. The van der Waals surface area contributed by atoms with Gasteiger partial charge >= 0.3 is 11.3 Å². The summed E-state index contributed by atoms with van der Waals surface area (Å²) in [5.74, 6) is -1.08. The van der Waals surface area contributed by atoms with Crippen LogP contribution in [0, 0.1) is 0 Å². The number of nitrogens with zero attached hydrogens (tertiary/aromatic N) is 1. The molecule has 0 amide bonds. The van der Waals surface area contributed by atoms with Crippen molar-refractivity contribution in [1.82, 2.24) is 0 Å². The number of anilines is 1. The Morgan fingerprint density at radius 2 is 1.13 bits per heavy atom. The second kappa shape index (κ2) is 10.8. The maximum absolute atomic E-state index is 13.3. The highest BCUT2D eigenvalue weighted by atomic mass is 35.5. The highest BCUT2D eigenvalue weighted by Gasteiger charge is 2.32. The number of halogens is 2. The third-order valence-corrected chi connectivity index (χ3v) is 6.86. The first-order valence-corrected chi connectivity index (χ1v) is 13.0. The van der Waals surface area contributed by atoms with Gasteiger partial charge in [-0.1, -0.05) is 36.4 Å². The van der Waals surface area contributed by atoms with Gasteiger partial charge in [0.15, 0.2) is 0 Å². The molecule has 0 bridgehead atoms. The lowest BCUT2D eigenvalue weighted by Gasteiger charge is -2.24. The summed E-state index contributed by atoms with van der Waals surface area (Å²) in [4.78, 5) is 28.6. The second-order valence-electron chi connectivity index (χ2n) is 8.69. The van der Waals surface area contributed by atoms with E-state index in [0.29, 0.717) is 41.2 Å². The van der Waals surface area contributed by atoms with Crippen molar-refractivity contribution in [2.75, 3.05) is 29.7 Å². The summed E-state index contributed by atoms with van der Waals surface area (Å²) in [6, 6.07) is 20.1. The minimum absolute atomic E-state index is 0.187. The molecule has 0 fully saturated rings. The molecule has 0 saturated heterocycles. The molecule has 0 unspecified atom stereocenters. The van der Waals surface area contributed by atoms with Gasteiger partial charge in [0.25, 0.3) is 0 Å². The van der Waals surface area contributed by atoms with Crippen molar-refractivity contribution >= 4 is 50.8 Å². The van der Waals surface area contributed by atoms with Gasteiger partial charge in [-0.05, 0) is 42.0 Å². The molecule has 3 aromatic carbocycles. The largest absolute Gasteiger partial charge is 0.507 e. The zero-order valence-electron chi connectivity index (χ0n) is 20.1. The van der Waals surface area contributed by atoms with E-state index in [1.165, 1.54) is 0 Å². The molecule has 0 radical (unpaired) electrons. The zero-order chi connectivity index (χ0) is 26.8. The van der Waals surface area contributed by atoms with E-state index < -0.39 is 17.2 Å². The lowest BCUT2D eigenvalue weighted by molar-refractivity contribution is 0.441. The van der Waals surface area contributed by atoms with E-state index in [1.54, 1.807) is 72.8 Å². The van der Waals surface area contributed by atoms with E-state index in [4.69, 9.17) is 32.0 Å². The van der Waals surface area contributed by atoms with Crippen molar-refractivity contribution in [2.24, 2.45) is 0 Å². The Morgan fingerprint density at radius 1 is 0.684 bits per heavy atom. The van der Waals surface area contributed by atoms with Gasteiger partial charge in [-0.2, -0.15) is 0 Å². The van der Waals surface area contributed by atoms with Crippen LogP contribution in [0.1, 0.15) is 22.6 Å². The number of hydrogen-bond donors (Lipinski definition) is 2. The average molecular weight is 552 g/mol. The monoisotopic (exact) mass is 551 g/mol. The molecule has 0 atom stereocenters. The van der Waals surface area contributed by atoms with Crippen LogP contribution in [0.25, 0.3) is 21.9 Å². The normalized spacial score (nSPS) is 11.4. The van der Waals surface area contributed by atoms with Crippen LogP contribution in [-0.2, 0) is 0 Å². The highest BCUT2D eigenvalue weighted by molar-refractivity contribution is 6.18. The van der Waals surface area contributed by atoms with Crippen LogP contribution in [0.4, 0.5) is 5.69 Å². The van der Waals surface area contributed by atoms with Gasteiger partial charge in [0.2, 0.25) is 0 Å². The van der Waals surface area contributed by atoms with Crippen LogP contribution < -0.4 is 16.2 Å². The Balaban J connectivity index is 1.78. The van der Waals surface area contributed by atoms with Gasteiger partial charge < -0.3 is 23.9 Å². The number of aromatic hydroxyl groups is 2. The van der Waals surface area contributed by atoms with E-state index in [-0.39, 0.29) is 33.8 Å². The van der Waals surface area contributed by atoms with Crippen molar-refractivity contribution < 1.29 is 19.0 Å². The van der Waals surface area contributed by atoms with Gasteiger partial charge in [0, 0.05) is 30.5 Å². The Bertz CT molecular complexity index is 1620. The fourth-order valence-corrected chi connectivity index (χ4v) is 5.14. The van der Waals surface area contributed by atoms with E-state index in [0.717, 1.165) is 5.69 Å². The van der Waals surface area contributed by atoms with E-state index >= 15 is 0 Å². The Morgan fingerprint density at radius 3 is 1.58 bits per heavy atom. The molecule has 5 rings (SSSR count). The molecule has 2 aromatic heterocycles. The summed E-state index contributed by atoms with van der Waals surface area (Å²) in [5, 5.41) is 23.2. The molecule has 9 heteroatoms. The number of rotatable bonds is 8. The number of para-hydroxylation sites is 2. The first kappa shape index (κ1) is 25.7. The summed E-state index contributed by atoms with van der Waals surface area (Å²) >= 11 is 11.9. The van der Waals surface area contributed by atoms with Crippen LogP contribution in [0.2, 0.25) is 0 Å². The quantitative estimate of drug-likeness (QED) is 0.186. The molecule has 0 aliphatic carbocycles. The number of hydrogen-bond acceptors (Lipinski definition) is 7. The number of alkyl halides is 2. The maximum atomic E-state index is 13.3. The summed E-state index contributed by atoms with van der Waals surface area (Å²) in [7, 11) is 0. The topological polar surface area (TPSA) is 104 Å². The van der Waals surface area contributed by atoms with Crippen molar-refractivity contribution in [3.8, 4) is 11.5 Å². The predicted molar refractivity (Wildman–Crippen MR) is 149 cm³/mol. The third-order valence-electron chi connectivity index (χ3n) is 6.52. The zero-order valence-corrected chi connectivity index (χ0v) is 21.6. The second-order valence-corrected chi connectivity index (χ2v) is 9.44. The molecular formula is C29H23Cl2NO6. The van der Waals surface area contributed by atoms with Crippen molar-refractivity contribution in [1.29, 1.82) is 0 Å². The van der Waals surface area contributed by atoms with Crippen LogP contribution >= 0.6 is 23.2 Å². The number of fused-ring (bicyclic) bond motifs is 2. The molecule has 2 heterocycles. The predicted octanol–water partition coefficient (Wildman–Crippen LogP) is 5.77. The molecule has 5 aromatic rings. The molecule has 38 heavy (non-hydrogen) atoms. The van der Waals surface area contributed by atoms with Gasteiger partial charge in [-0.15, -0.1) is 23.2 Å². The Kier molecular flexibility index (Phi) is 7.31. The first-order chi connectivity index (χ1) is 18.4. The van der Waals surface area contributed by atoms with E-state index in [9.17, 15) is 19.8 Å².